The van der Waals surface area contributed by atoms with Crippen LogP contribution >= 0.6 is 11.3 Å². The molecule has 0 aliphatic rings. The van der Waals surface area contributed by atoms with E-state index in [1.807, 2.05) is 18.3 Å². The van der Waals surface area contributed by atoms with Crippen LogP contribution in [0.4, 0.5) is 5.69 Å². The molecule has 4 aromatic rings. The van der Waals surface area contributed by atoms with Gasteiger partial charge in [-0.3, -0.25) is 0 Å². The molecule has 37 heavy (non-hydrogen) atoms. The van der Waals surface area contributed by atoms with Crippen molar-refractivity contribution in [3.63, 3.8) is 0 Å². The minimum absolute atomic E-state index is 0.178. The van der Waals surface area contributed by atoms with E-state index in [0.717, 1.165) is 12.1 Å². The molecule has 0 bridgehead atoms. The number of anilines is 1. The van der Waals surface area contributed by atoms with Gasteiger partial charge in [-0.25, -0.2) is 8.42 Å². The quantitative estimate of drug-likeness (QED) is 0.161. The number of hydrogen-bond donors (Lipinski definition) is 0. The fourth-order valence-corrected chi connectivity index (χ4v) is 5.58. The lowest BCUT2D eigenvalue weighted by Gasteiger charge is -2.16. The van der Waals surface area contributed by atoms with Gasteiger partial charge in [-0.1, -0.05) is 59.4 Å². The molecule has 0 amide bonds. The van der Waals surface area contributed by atoms with Gasteiger partial charge in [-0.15, -0.1) is 0 Å². The van der Waals surface area contributed by atoms with E-state index >= 15 is 0 Å². The average Bonchev–Trinajstić information content (AvgIpc) is 3.20. The molecule has 0 unspecified atom stereocenters. The number of aromatic nitrogens is 1. The largest absolute Gasteiger partial charge is 0.744 e. The van der Waals surface area contributed by atoms with E-state index in [1.165, 1.54) is 49.7 Å². The number of hydrogen-bond acceptors (Lipinski definition) is 5. The second kappa shape index (κ2) is 12.3. The molecule has 0 spiro atoms. The van der Waals surface area contributed by atoms with E-state index in [-0.39, 0.29) is 4.90 Å². The first kappa shape index (κ1) is 28.3. The Kier molecular flexibility index (Phi) is 9.43. The Morgan fingerprint density at radius 1 is 0.919 bits per heavy atom. The third-order valence-electron chi connectivity index (χ3n) is 5.97. The minimum atomic E-state index is -4.27. The van der Waals surface area contributed by atoms with Gasteiger partial charge in [0.05, 0.1) is 4.90 Å². The summed E-state index contributed by atoms with van der Waals surface area (Å²) in [5.74, 6) is 0. The summed E-state index contributed by atoms with van der Waals surface area (Å²) in [6.45, 7) is 9.37. The van der Waals surface area contributed by atoms with Gasteiger partial charge in [0, 0.05) is 31.9 Å². The lowest BCUT2D eigenvalue weighted by molar-refractivity contribution is -0.665. The Hall–Kier alpha value is -3.26. The Bertz CT molecular complexity index is 1510. The zero-order valence-electron chi connectivity index (χ0n) is 22.2. The summed E-state index contributed by atoms with van der Waals surface area (Å²) in [7, 11) is -0.102. The summed E-state index contributed by atoms with van der Waals surface area (Å²) < 4.78 is 34.9. The fraction of sp³-hybridized carbons (Fsp3) is 0.233. The summed E-state index contributed by atoms with van der Waals surface area (Å²) in [5.41, 5.74) is 7.42. The SMILES string of the molecule is CC[n+]1c(/C=C/C=C/c2c(C)cc(N(C)C)cc2C)sc2ccccc21.Cc1ccc(S(=O)(=O)[O-])cc1. The molecule has 7 heteroatoms. The van der Waals surface area contributed by atoms with Crippen molar-refractivity contribution in [2.45, 2.75) is 39.1 Å². The molecule has 1 heterocycles. The van der Waals surface area contributed by atoms with E-state index in [1.54, 1.807) is 12.1 Å². The molecular formula is C30H34N2O3S2. The maximum atomic E-state index is 10.4. The second-order valence-electron chi connectivity index (χ2n) is 9.03. The maximum Gasteiger partial charge on any atom is 0.262 e. The number of rotatable bonds is 6. The molecule has 194 valence electrons. The van der Waals surface area contributed by atoms with Crippen molar-refractivity contribution in [3.8, 4) is 0 Å². The van der Waals surface area contributed by atoms with Gasteiger partial charge in [-0.05, 0) is 74.7 Å². The van der Waals surface area contributed by atoms with Gasteiger partial charge in [0.15, 0.2) is 0 Å². The predicted molar refractivity (Wildman–Crippen MR) is 155 cm³/mol. The average molecular weight is 535 g/mol. The summed E-state index contributed by atoms with van der Waals surface area (Å²) in [5, 5.41) is 1.29. The van der Waals surface area contributed by atoms with Crippen molar-refractivity contribution < 1.29 is 17.5 Å². The lowest BCUT2D eigenvalue weighted by Crippen LogP contribution is -2.33. The minimum Gasteiger partial charge on any atom is -0.744 e. The number of aryl methyl sites for hydroxylation is 4. The highest BCUT2D eigenvalue weighted by Crippen LogP contribution is 2.24. The van der Waals surface area contributed by atoms with Crippen molar-refractivity contribution in [2.24, 2.45) is 0 Å². The smallest absolute Gasteiger partial charge is 0.262 e. The Morgan fingerprint density at radius 2 is 1.51 bits per heavy atom. The Morgan fingerprint density at radius 3 is 2.08 bits per heavy atom. The molecule has 0 radical (unpaired) electrons. The normalized spacial score (nSPS) is 11.8. The number of fused-ring (bicyclic) bond motifs is 1. The zero-order valence-corrected chi connectivity index (χ0v) is 23.9. The van der Waals surface area contributed by atoms with E-state index in [2.05, 4.69) is 105 Å². The van der Waals surface area contributed by atoms with E-state index in [4.69, 9.17) is 0 Å². The Labute approximate surface area is 224 Å². The van der Waals surface area contributed by atoms with Crippen LogP contribution in [0.5, 0.6) is 0 Å². The molecule has 0 saturated carbocycles. The Balaban J connectivity index is 0.000000289. The summed E-state index contributed by atoms with van der Waals surface area (Å²) >= 11 is 1.84. The number of para-hydroxylation sites is 1. The summed E-state index contributed by atoms with van der Waals surface area (Å²) in [6.07, 6.45) is 8.72. The van der Waals surface area contributed by atoms with Crippen LogP contribution in [0.15, 0.2) is 77.7 Å². The van der Waals surface area contributed by atoms with Gasteiger partial charge < -0.3 is 9.45 Å². The van der Waals surface area contributed by atoms with Crippen LogP contribution in [0.2, 0.25) is 0 Å². The molecule has 0 saturated heterocycles. The second-order valence-corrected chi connectivity index (χ2v) is 11.5. The molecule has 0 N–H and O–H groups in total. The summed E-state index contributed by atoms with van der Waals surface area (Å²) in [6, 6.07) is 18.9. The first-order chi connectivity index (χ1) is 17.5. The highest BCUT2D eigenvalue weighted by Gasteiger charge is 2.15. The first-order valence-corrected chi connectivity index (χ1v) is 14.3. The molecule has 0 fully saturated rings. The van der Waals surface area contributed by atoms with Crippen molar-refractivity contribution in [3.05, 3.63) is 100 Å². The van der Waals surface area contributed by atoms with Gasteiger partial charge in [0.2, 0.25) is 5.52 Å². The summed E-state index contributed by atoms with van der Waals surface area (Å²) in [4.78, 5) is 1.97. The van der Waals surface area contributed by atoms with Crippen molar-refractivity contribution in [2.75, 3.05) is 19.0 Å². The van der Waals surface area contributed by atoms with Crippen LogP contribution in [0.3, 0.4) is 0 Å². The standard InChI is InChI=1S/C23H27N2S.C7H8O3S/c1-6-25-21-12-8-9-13-22(21)26-23(25)14-10-7-11-20-17(2)15-19(24(4)5)16-18(20)3;1-6-2-4-7(5-3-6)11(8,9)10/h7-16H,6H2,1-5H3;2-5H,1H3,(H,8,9,10)/q+1;/p-1. The molecule has 0 aliphatic carbocycles. The molecule has 0 aliphatic heterocycles. The highest BCUT2D eigenvalue weighted by atomic mass is 32.2. The van der Waals surface area contributed by atoms with Crippen LogP contribution in [0, 0.1) is 20.8 Å². The number of thiazole rings is 1. The van der Waals surface area contributed by atoms with Gasteiger partial charge in [0.1, 0.15) is 21.4 Å². The molecule has 5 nitrogen and oxygen atoms in total. The van der Waals surface area contributed by atoms with Crippen LogP contribution in [-0.2, 0) is 16.7 Å². The van der Waals surface area contributed by atoms with E-state index in [9.17, 15) is 13.0 Å². The monoisotopic (exact) mass is 534 g/mol. The van der Waals surface area contributed by atoms with Gasteiger partial charge in [0.25, 0.3) is 5.01 Å². The van der Waals surface area contributed by atoms with Crippen molar-refractivity contribution >= 4 is 49.5 Å². The van der Waals surface area contributed by atoms with Crippen molar-refractivity contribution in [1.29, 1.82) is 0 Å². The van der Waals surface area contributed by atoms with Crippen LogP contribution < -0.4 is 9.47 Å². The number of allylic oxidation sites excluding steroid dienone is 2. The van der Waals surface area contributed by atoms with Crippen LogP contribution in [-0.4, -0.2) is 27.1 Å². The van der Waals surface area contributed by atoms with Crippen LogP contribution in [0.25, 0.3) is 22.4 Å². The molecule has 1 aromatic heterocycles. The molecular weight excluding hydrogens is 500 g/mol. The molecule has 4 rings (SSSR count). The first-order valence-electron chi connectivity index (χ1n) is 12.1. The number of nitrogens with zero attached hydrogens (tertiary/aromatic N) is 2. The maximum absolute atomic E-state index is 10.4. The van der Waals surface area contributed by atoms with E-state index in [0.29, 0.717) is 0 Å². The van der Waals surface area contributed by atoms with Gasteiger partial charge in [-0.2, -0.15) is 4.57 Å². The molecule has 0 atom stereocenters. The van der Waals surface area contributed by atoms with Crippen molar-refractivity contribution in [1.82, 2.24) is 0 Å². The van der Waals surface area contributed by atoms with Crippen LogP contribution in [0.1, 0.15) is 34.2 Å². The topological polar surface area (TPSA) is 64.3 Å². The number of benzene rings is 3. The third kappa shape index (κ3) is 7.38. The fourth-order valence-electron chi connectivity index (χ4n) is 3.97. The highest BCUT2D eigenvalue weighted by molar-refractivity contribution is 7.85. The van der Waals surface area contributed by atoms with E-state index < -0.39 is 10.1 Å². The third-order valence-corrected chi connectivity index (χ3v) is 7.95. The zero-order chi connectivity index (χ0) is 27.2. The lowest BCUT2D eigenvalue weighted by atomic mass is 10.0. The predicted octanol–water partition coefficient (Wildman–Crippen LogP) is 6.52. The van der Waals surface area contributed by atoms with Gasteiger partial charge >= 0.3 is 0 Å². The molecule has 3 aromatic carbocycles.